The van der Waals surface area contributed by atoms with Gasteiger partial charge in [0.15, 0.2) is 0 Å². The first kappa shape index (κ1) is 19.5. The fraction of sp³-hybridized carbons (Fsp3) is 0.727. The van der Waals surface area contributed by atoms with E-state index in [9.17, 15) is 0 Å². The normalized spacial score (nSPS) is 21.2. The molecule has 2 fully saturated rings. The van der Waals surface area contributed by atoms with Gasteiger partial charge in [0.25, 0.3) is 0 Å². The van der Waals surface area contributed by atoms with Crippen molar-refractivity contribution in [1.82, 2.24) is 9.80 Å². The Hall–Kier alpha value is -1.26. The number of anilines is 1. The first-order valence-corrected chi connectivity index (χ1v) is 10.3. The molecule has 0 N–H and O–H groups in total. The number of ether oxygens (including phenoxy) is 1. The first-order valence-electron chi connectivity index (χ1n) is 10.3. The van der Waals surface area contributed by atoms with E-state index < -0.39 is 0 Å². The Morgan fingerprint density at radius 2 is 1.65 bits per heavy atom. The molecule has 0 amide bonds. The van der Waals surface area contributed by atoms with Gasteiger partial charge < -0.3 is 14.5 Å². The summed E-state index contributed by atoms with van der Waals surface area (Å²) in [4.78, 5) is 7.71. The fourth-order valence-corrected chi connectivity index (χ4v) is 4.17. The maximum Gasteiger partial charge on any atom is 0.142 e. The molecule has 3 rings (SSSR count). The highest BCUT2D eigenvalue weighted by Crippen LogP contribution is 2.36. The second kappa shape index (κ2) is 8.18. The third kappa shape index (κ3) is 4.52. The number of rotatable bonds is 4. The van der Waals surface area contributed by atoms with Crippen LogP contribution in [0.5, 0.6) is 5.75 Å². The largest absolute Gasteiger partial charge is 0.492 e. The number of benzene rings is 1. The smallest absolute Gasteiger partial charge is 0.142 e. The second-order valence-electron chi connectivity index (χ2n) is 8.92. The van der Waals surface area contributed by atoms with E-state index in [1.54, 1.807) is 0 Å². The SMILES string of the molecule is CCOc1ccc(C(C)(C)C)cc1N1CCC(N2CCN(C)CC2)CC1. The third-order valence-corrected chi connectivity index (χ3v) is 5.98. The van der Waals surface area contributed by atoms with E-state index in [4.69, 9.17) is 4.74 Å². The zero-order valence-corrected chi connectivity index (χ0v) is 17.4. The van der Waals surface area contributed by atoms with Crippen molar-refractivity contribution in [2.45, 2.75) is 52.0 Å². The van der Waals surface area contributed by atoms with Crippen LogP contribution in [0.4, 0.5) is 5.69 Å². The summed E-state index contributed by atoms with van der Waals surface area (Å²) < 4.78 is 5.96. The lowest BCUT2D eigenvalue weighted by molar-refractivity contribution is 0.0981. The summed E-state index contributed by atoms with van der Waals surface area (Å²) in [7, 11) is 2.23. The van der Waals surface area contributed by atoms with Gasteiger partial charge in [-0.25, -0.2) is 0 Å². The van der Waals surface area contributed by atoms with Crippen LogP contribution in [0.2, 0.25) is 0 Å². The molecule has 0 atom stereocenters. The van der Waals surface area contributed by atoms with Gasteiger partial charge in [0.1, 0.15) is 5.75 Å². The third-order valence-electron chi connectivity index (χ3n) is 5.98. The molecule has 26 heavy (non-hydrogen) atoms. The number of piperidine rings is 1. The molecule has 0 saturated carbocycles. The molecule has 2 saturated heterocycles. The molecule has 0 aliphatic carbocycles. The van der Waals surface area contributed by atoms with E-state index in [1.165, 1.54) is 50.3 Å². The Morgan fingerprint density at radius 1 is 1.00 bits per heavy atom. The van der Waals surface area contributed by atoms with Crippen LogP contribution in [0, 0.1) is 0 Å². The molecule has 0 aromatic heterocycles. The van der Waals surface area contributed by atoms with Gasteiger partial charge in [-0.2, -0.15) is 0 Å². The number of nitrogens with zero attached hydrogens (tertiary/aromatic N) is 3. The first-order chi connectivity index (χ1) is 12.4. The summed E-state index contributed by atoms with van der Waals surface area (Å²) >= 11 is 0. The second-order valence-corrected chi connectivity index (χ2v) is 8.92. The van der Waals surface area contributed by atoms with Crippen LogP contribution in [0.3, 0.4) is 0 Å². The minimum Gasteiger partial charge on any atom is -0.492 e. The van der Waals surface area contributed by atoms with Gasteiger partial charge in [0.2, 0.25) is 0 Å². The van der Waals surface area contributed by atoms with Crippen molar-refractivity contribution in [2.75, 3.05) is 57.8 Å². The van der Waals surface area contributed by atoms with Crippen LogP contribution >= 0.6 is 0 Å². The van der Waals surface area contributed by atoms with Gasteiger partial charge in [-0.3, -0.25) is 4.90 Å². The summed E-state index contributed by atoms with van der Waals surface area (Å²) in [6, 6.07) is 7.51. The summed E-state index contributed by atoms with van der Waals surface area (Å²) in [6.07, 6.45) is 2.52. The maximum atomic E-state index is 5.96. The molecule has 4 nitrogen and oxygen atoms in total. The lowest BCUT2D eigenvalue weighted by atomic mass is 9.86. The van der Waals surface area contributed by atoms with Crippen LogP contribution in [0.1, 0.15) is 46.1 Å². The highest BCUT2D eigenvalue weighted by molar-refractivity contribution is 5.61. The maximum absolute atomic E-state index is 5.96. The summed E-state index contributed by atoms with van der Waals surface area (Å²) in [6.45, 7) is 16.8. The summed E-state index contributed by atoms with van der Waals surface area (Å²) in [5.41, 5.74) is 2.84. The van der Waals surface area contributed by atoms with Crippen molar-refractivity contribution < 1.29 is 4.74 Å². The van der Waals surface area contributed by atoms with E-state index >= 15 is 0 Å². The monoisotopic (exact) mass is 359 g/mol. The van der Waals surface area contributed by atoms with Crippen molar-refractivity contribution in [3.8, 4) is 5.75 Å². The van der Waals surface area contributed by atoms with Crippen molar-refractivity contribution in [3.63, 3.8) is 0 Å². The van der Waals surface area contributed by atoms with Crippen LogP contribution in [-0.2, 0) is 5.41 Å². The van der Waals surface area contributed by atoms with Crippen LogP contribution in [-0.4, -0.2) is 68.8 Å². The Morgan fingerprint density at radius 3 is 2.23 bits per heavy atom. The molecule has 0 spiro atoms. The minimum absolute atomic E-state index is 0.164. The van der Waals surface area contributed by atoms with E-state index in [1.807, 2.05) is 0 Å². The fourth-order valence-electron chi connectivity index (χ4n) is 4.17. The van der Waals surface area contributed by atoms with E-state index in [-0.39, 0.29) is 5.41 Å². The van der Waals surface area contributed by atoms with Crippen molar-refractivity contribution >= 4 is 5.69 Å². The minimum atomic E-state index is 0.164. The lowest BCUT2D eigenvalue weighted by Crippen LogP contribution is -2.52. The number of piperazine rings is 1. The molecule has 1 aromatic carbocycles. The molecular formula is C22H37N3O. The van der Waals surface area contributed by atoms with Gasteiger partial charge in [-0.15, -0.1) is 0 Å². The number of hydrogen-bond acceptors (Lipinski definition) is 4. The van der Waals surface area contributed by atoms with E-state index in [0.29, 0.717) is 0 Å². The Labute approximate surface area is 160 Å². The highest BCUT2D eigenvalue weighted by Gasteiger charge is 2.28. The quantitative estimate of drug-likeness (QED) is 0.817. The average molecular weight is 360 g/mol. The van der Waals surface area contributed by atoms with Crippen LogP contribution in [0.25, 0.3) is 0 Å². The predicted octanol–water partition coefficient (Wildman–Crippen LogP) is 3.60. The van der Waals surface area contributed by atoms with Gasteiger partial charge in [-0.05, 0) is 49.9 Å². The number of likely N-dealkylation sites (N-methyl/N-ethyl adjacent to an activating group) is 1. The van der Waals surface area contributed by atoms with E-state index in [0.717, 1.165) is 31.5 Å². The van der Waals surface area contributed by atoms with Gasteiger partial charge in [-0.1, -0.05) is 26.8 Å². The molecule has 2 aliphatic rings. The molecule has 4 heteroatoms. The highest BCUT2D eigenvalue weighted by atomic mass is 16.5. The molecule has 1 aromatic rings. The Bertz CT molecular complexity index is 580. The van der Waals surface area contributed by atoms with Gasteiger partial charge in [0, 0.05) is 45.3 Å². The molecule has 2 heterocycles. The average Bonchev–Trinajstić information content (AvgIpc) is 2.62. The summed E-state index contributed by atoms with van der Waals surface area (Å²) in [5, 5.41) is 0. The topological polar surface area (TPSA) is 19.0 Å². The lowest BCUT2D eigenvalue weighted by Gasteiger charge is -2.43. The Balaban J connectivity index is 1.69. The molecular weight excluding hydrogens is 322 g/mol. The molecule has 146 valence electrons. The van der Waals surface area contributed by atoms with Crippen LogP contribution in [0.15, 0.2) is 18.2 Å². The molecule has 2 aliphatic heterocycles. The van der Waals surface area contributed by atoms with Crippen molar-refractivity contribution in [1.29, 1.82) is 0 Å². The molecule has 0 bridgehead atoms. The zero-order valence-electron chi connectivity index (χ0n) is 17.4. The number of hydrogen-bond donors (Lipinski definition) is 0. The van der Waals surface area contributed by atoms with Crippen LogP contribution < -0.4 is 9.64 Å². The Kier molecular flexibility index (Phi) is 6.13. The zero-order chi connectivity index (χ0) is 18.7. The molecule has 0 radical (unpaired) electrons. The predicted molar refractivity (Wildman–Crippen MR) is 111 cm³/mol. The van der Waals surface area contributed by atoms with E-state index in [2.05, 4.69) is 67.6 Å². The standard InChI is InChI=1S/C22H37N3O/c1-6-26-21-8-7-18(22(2,3)4)17-20(21)25-11-9-19(10-12-25)24-15-13-23(5)14-16-24/h7-8,17,19H,6,9-16H2,1-5H3. The van der Waals surface area contributed by atoms with Gasteiger partial charge in [0.05, 0.1) is 12.3 Å². The summed E-state index contributed by atoms with van der Waals surface area (Å²) in [5.74, 6) is 1.04. The van der Waals surface area contributed by atoms with Crippen molar-refractivity contribution in [3.05, 3.63) is 23.8 Å². The molecule has 0 unspecified atom stereocenters. The van der Waals surface area contributed by atoms with Gasteiger partial charge >= 0.3 is 0 Å². The van der Waals surface area contributed by atoms with Crippen molar-refractivity contribution in [2.24, 2.45) is 0 Å².